The van der Waals surface area contributed by atoms with E-state index in [0.29, 0.717) is 0 Å². The first-order chi connectivity index (χ1) is 7.36. The van der Waals surface area contributed by atoms with Crippen LogP contribution in [0.15, 0.2) is 34.5 Å². The van der Waals surface area contributed by atoms with E-state index in [2.05, 4.69) is 42.7 Å². The van der Waals surface area contributed by atoms with Gasteiger partial charge in [0.15, 0.2) is 0 Å². The summed E-state index contributed by atoms with van der Waals surface area (Å²) in [6.45, 7) is 1.63. The van der Waals surface area contributed by atoms with E-state index in [1.807, 2.05) is 6.07 Å². The van der Waals surface area contributed by atoms with Gasteiger partial charge in [-0.3, -0.25) is 0 Å². The smallest absolute Gasteiger partial charge is 0.115 e. The summed E-state index contributed by atoms with van der Waals surface area (Å²) in [4.78, 5) is 9.32. The largest absolute Gasteiger partial charge is 0.306 e. The lowest BCUT2D eigenvalue weighted by molar-refractivity contribution is 0.683. The average Bonchev–Trinajstić information content (AvgIpc) is 2.66. The molecule has 0 amide bonds. The second-order valence-corrected chi connectivity index (χ2v) is 4.85. The summed E-state index contributed by atoms with van der Waals surface area (Å²) in [5.74, 6) is 0. The monoisotopic (exact) mass is 283 g/mol. The standard InChI is InChI=1S/C10H10BrN3S/c11-9-2-4-15-10(9)6-13-5-8-1-3-12-7-14-8/h1-4,7,13H,5-6H2. The number of nitrogens with one attached hydrogen (secondary N) is 1. The van der Waals surface area contributed by atoms with Crippen molar-refractivity contribution in [2.24, 2.45) is 0 Å². The second-order valence-electron chi connectivity index (χ2n) is 3.00. The minimum atomic E-state index is 0.771. The molecule has 0 spiro atoms. The van der Waals surface area contributed by atoms with Crippen LogP contribution in [0.4, 0.5) is 0 Å². The molecule has 0 unspecified atom stereocenters. The fourth-order valence-electron chi connectivity index (χ4n) is 1.18. The van der Waals surface area contributed by atoms with Crippen LogP contribution in [0.3, 0.4) is 0 Å². The predicted molar refractivity (Wildman–Crippen MR) is 64.6 cm³/mol. The van der Waals surface area contributed by atoms with Crippen LogP contribution in [0.1, 0.15) is 10.6 Å². The van der Waals surface area contributed by atoms with Crippen molar-refractivity contribution in [3.8, 4) is 0 Å². The zero-order valence-corrected chi connectivity index (χ0v) is 10.4. The lowest BCUT2D eigenvalue weighted by Gasteiger charge is -2.02. The summed E-state index contributed by atoms with van der Waals surface area (Å²) in [7, 11) is 0. The third-order valence-electron chi connectivity index (χ3n) is 1.93. The van der Waals surface area contributed by atoms with E-state index >= 15 is 0 Å². The highest BCUT2D eigenvalue weighted by molar-refractivity contribution is 9.10. The van der Waals surface area contributed by atoms with E-state index in [1.54, 1.807) is 23.9 Å². The fraction of sp³-hybridized carbons (Fsp3) is 0.200. The Bertz CT molecular complexity index is 416. The lowest BCUT2D eigenvalue weighted by atomic mass is 10.4. The van der Waals surface area contributed by atoms with Gasteiger partial charge in [-0.25, -0.2) is 9.97 Å². The molecule has 3 nitrogen and oxygen atoms in total. The highest BCUT2D eigenvalue weighted by Crippen LogP contribution is 2.22. The number of nitrogens with zero attached hydrogens (tertiary/aromatic N) is 2. The van der Waals surface area contributed by atoms with Crippen LogP contribution in [0, 0.1) is 0 Å². The Morgan fingerprint density at radius 2 is 2.27 bits per heavy atom. The van der Waals surface area contributed by atoms with E-state index in [4.69, 9.17) is 0 Å². The van der Waals surface area contributed by atoms with E-state index in [1.165, 1.54) is 9.35 Å². The van der Waals surface area contributed by atoms with Gasteiger partial charge in [-0.15, -0.1) is 11.3 Å². The summed E-state index contributed by atoms with van der Waals surface area (Å²) in [5.41, 5.74) is 1.01. The summed E-state index contributed by atoms with van der Waals surface area (Å²) >= 11 is 5.24. The Morgan fingerprint density at radius 1 is 1.33 bits per heavy atom. The normalized spacial score (nSPS) is 10.5. The molecule has 78 valence electrons. The molecule has 0 aromatic carbocycles. The minimum Gasteiger partial charge on any atom is -0.306 e. The number of rotatable bonds is 4. The van der Waals surface area contributed by atoms with Gasteiger partial charge in [-0.2, -0.15) is 0 Å². The van der Waals surface area contributed by atoms with Gasteiger partial charge < -0.3 is 5.32 Å². The van der Waals surface area contributed by atoms with Crippen molar-refractivity contribution in [3.63, 3.8) is 0 Å². The minimum absolute atomic E-state index is 0.771. The Hall–Kier alpha value is -0.780. The molecule has 0 aliphatic rings. The third kappa shape index (κ3) is 3.09. The number of hydrogen-bond acceptors (Lipinski definition) is 4. The lowest BCUT2D eigenvalue weighted by Crippen LogP contribution is -2.13. The maximum atomic E-state index is 4.14. The highest BCUT2D eigenvalue weighted by atomic mass is 79.9. The number of hydrogen-bond donors (Lipinski definition) is 1. The van der Waals surface area contributed by atoms with Crippen LogP contribution >= 0.6 is 27.3 Å². The van der Waals surface area contributed by atoms with Gasteiger partial charge in [0.05, 0.1) is 5.69 Å². The topological polar surface area (TPSA) is 37.8 Å². The molecule has 0 radical (unpaired) electrons. The SMILES string of the molecule is Brc1ccsc1CNCc1ccncn1. The van der Waals surface area contributed by atoms with E-state index < -0.39 is 0 Å². The van der Waals surface area contributed by atoms with Gasteiger partial charge in [0.2, 0.25) is 0 Å². The molecule has 0 saturated heterocycles. The number of halogens is 1. The van der Waals surface area contributed by atoms with Crippen LogP contribution in [0.2, 0.25) is 0 Å². The van der Waals surface area contributed by atoms with Gasteiger partial charge in [0, 0.05) is 28.6 Å². The van der Waals surface area contributed by atoms with E-state index in [-0.39, 0.29) is 0 Å². The molecule has 0 fully saturated rings. The van der Waals surface area contributed by atoms with Crippen LogP contribution in [-0.4, -0.2) is 9.97 Å². The Labute approximate surface area is 101 Å². The molecule has 2 heterocycles. The molecule has 0 saturated carbocycles. The summed E-state index contributed by atoms with van der Waals surface area (Å²) < 4.78 is 1.17. The molecular formula is C10H10BrN3S. The fourth-order valence-corrected chi connectivity index (χ4v) is 2.64. The zero-order valence-electron chi connectivity index (χ0n) is 7.98. The first-order valence-electron chi connectivity index (χ1n) is 4.54. The highest BCUT2D eigenvalue weighted by Gasteiger charge is 2.00. The van der Waals surface area contributed by atoms with Crippen LogP contribution in [0.25, 0.3) is 0 Å². The molecule has 1 N–H and O–H groups in total. The third-order valence-corrected chi connectivity index (χ3v) is 3.85. The molecule has 2 aromatic rings. The molecule has 0 aliphatic heterocycles. The first-order valence-corrected chi connectivity index (χ1v) is 6.21. The van der Waals surface area contributed by atoms with Crippen molar-refractivity contribution in [2.45, 2.75) is 13.1 Å². The quantitative estimate of drug-likeness (QED) is 0.937. The Kier molecular flexibility index (Phi) is 3.82. The maximum Gasteiger partial charge on any atom is 0.115 e. The molecule has 0 aliphatic carbocycles. The summed E-state index contributed by atoms with van der Waals surface area (Å²) in [6, 6.07) is 3.98. The molecular weight excluding hydrogens is 274 g/mol. The zero-order chi connectivity index (χ0) is 10.5. The van der Waals surface area contributed by atoms with Gasteiger partial charge in [-0.05, 0) is 33.4 Å². The molecule has 2 aromatic heterocycles. The summed E-state index contributed by atoms with van der Waals surface area (Å²) in [6.07, 6.45) is 3.32. The van der Waals surface area contributed by atoms with E-state index in [0.717, 1.165) is 18.8 Å². The van der Waals surface area contributed by atoms with Crippen molar-refractivity contribution < 1.29 is 0 Å². The van der Waals surface area contributed by atoms with Crippen molar-refractivity contribution >= 4 is 27.3 Å². The van der Waals surface area contributed by atoms with Crippen LogP contribution < -0.4 is 5.32 Å². The van der Waals surface area contributed by atoms with Gasteiger partial charge >= 0.3 is 0 Å². The first kappa shape index (κ1) is 10.7. The van der Waals surface area contributed by atoms with Crippen molar-refractivity contribution in [1.29, 1.82) is 0 Å². The molecule has 5 heteroatoms. The number of thiophene rings is 1. The maximum absolute atomic E-state index is 4.14. The van der Waals surface area contributed by atoms with Crippen molar-refractivity contribution in [3.05, 3.63) is 45.1 Å². The Balaban J connectivity index is 1.83. The van der Waals surface area contributed by atoms with Gasteiger partial charge in [0.25, 0.3) is 0 Å². The van der Waals surface area contributed by atoms with Crippen molar-refractivity contribution in [2.75, 3.05) is 0 Å². The molecule has 15 heavy (non-hydrogen) atoms. The molecule has 0 atom stereocenters. The van der Waals surface area contributed by atoms with Gasteiger partial charge in [-0.1, -0.05) is 0 Å². The summed E-state index contributed by atoms with van der Waals surface area (Å²) in [5, 5.41) is 5.41. The average molecular weight is 284 g/mol. The Morgan fingerprint density at radius 3 is 2.93 bits per heavy atom. The van der Waals surface area contributed by atoms with Crippen LogP contribution in [0.5, 0.6) is 0 Å². The van der Waals surface area contributed by atoms with Gasteiger partial charge in [0.1, 0.15) is 6.33 Å². The molecule has 2 rings (SSSR count). The second kappa shape index (κ2) is 5.34. The number of aromatic nitrogens is 2. The predicted octanol–water partition coefficient (Wildman–Crippen LogP) is 2.59. The molecule has 0 bridgehead atoms. The van der Waals surface area contributed by atoms with Crippen LogP contribution in [-0.2, 0) is 13.1 Å². The van der Waals surface area contributed by atoms with E-state index in [9.17, 15) is 0 Å². The van der Waals surface area contributed by atoms with Crippen molar-refractivity contribution in [1.82, 2.24) is 15.3 Å².